The highest BCUT2D eigenvalue weighted by Gasteiger charge is 2.51. The maximum Gasteiger partial charge on any atom is 0.262 e. The Morgan fingerprint density at radius 1 is 1.21 bits per heavy atom. The first-order chi connectivity index (χ1) is 11.5. The molecular weight excluding hydrogens is 308 g/mol. The number of fused-ring (bicyclic) bond motifs is 1. The van der Waals surface area contributed by atoms with E-state index in [4.69, 9.17) is 4.74 Å². The van der Waals surface area contributed by atoms with Gasteiger partial charge in [-0.25, -0.2) is 0 Å². The molecule has 0 saturated carbocycles. The van der Waals surface area contributed by atoms with Crippen LogP contribution in [0.15, 0.2) is 36.9 Å². The van der Waals surface area contributed by atoms with Crippen LogP contribution in [0.3, 0.4) is 0 Å². The fourth-order valence-corrected chi connectivity index (χ4v) is 3.30. The molecule has 0 aromatic heterocycles. The van der Waals surface area contributed by atoms with Crippen molar-refractivity contribution < 1.29 is 19.1 Å². The van der Waals surface area contributed by atoms with Crippen LogP contribution in [0.2, 0.25) is 0 Å². The number of amides is 3. The normalized spacial score (nSPS) is 19.9. The molecule has 3 amide bonds. The maximum absolute atomic E-state index is 13.1. The number of carbonyl (C=O) groups excluding carboxylic acids is 3. The van der Waals surface area contributed by atoms with Crippen LogP contribution in [0, 0.1) is 0 Å². The third kappa shape index (κ3) is 2.43. The smallest absolute Gasteiger partial charge is 0.262 e. The van der Waals surface area contributed by atoms with Crippen LogP contribution in [-0.2, 0) is 9.53 Å². The number of imide groups is 1. The van der Waals surface area contributed by atoms with Gasteiger partial charge in [0.25, 0.3) is 11.8 Å². The molecule has 0 N–H and O–H groups in total. The third-order valence-electron chi connectivity index (χ3n) is 4.59. The van der Waals surface area contributed by atoms with Gasteiger partial charge in [-0.15, -0.1) is 6.58 Å². The van der Waals surface area contributed by atoms with E-state index in [1.54, 1.807) is 42.2 Å². The molecule has 24 heavy (non-hydrogen) atoms. The van der Waals surface area contributed by atoms with Crippen LogP contribution in [-0.4, -0.2) is 59.4 Å². The van der Waals surface area contributed by atoms with Crippen molar-refractivity contribution in [2.45, 2.75) is 18.9 Å². The van der Waals surface area contributed by atoms with Gasteiger partial charge < -0.3 is 9.64 Å². The number of nitrogens with zero attached hydrogens (tertiary/aromatic N) is 2. The molecule has 1 fully saturated rings. The number of rotatable bonds is 4. The molecule has 1 aromatic rings. The lowest BCUT2D eigenvalue weighted by Crippen LogP contribution is -2.61. The van der Waals surface area contributed by atoms with Crippen LogP contribution < -0.4 is 0 Å². The maximum atomic E-state index is 13.1. The molecular formula is C18H20N2O4. The minimum atomic E-state index is -1.29. The molecule has 2 aliphatic rings. The molecule has 0 radical (unpaired) electrons. The quantitative estimate of drug-likeness (QED) is 0.620. The standard InChI is InChI=1S/C18H20N2O4/c1-3-8-18(2,17(23)19-9-11-24-12-10-19)20-15(21)13-6-4-5-7-14(13)16(20)22/h3-7H,1,8-12H2,2H3. The number of benzene rings is 1. The van der Waals surface area contributed by atoms with Crippen molar-refractivity contribution in [3.8, 4) is 0 Å². The monoisotopic (exact) mass is 328 g/mol. The van der Waals surface area contributed by atoms with Crippen LogP contribution in [0.5, 0.6) is 0 Å². The van der Waals surface area contributed by atoms with Crippen LogP contribution in [0.4, 0.5) is 0 Å². The Kier molecular flexibility index (Phi) is 4.24. The van der Waals surface area contributed by atoms with E-state index in [1.165, 1.54) is 0 Å². The first kappa shape index (κ1) is 16.4. The minimum Gasteiger partial charge on any atom is -0.378 e. The summed E-state index contributed by atoms with van der Waals surface area (Å²) in [5.41, 5.74) is -0.605. The average molecular weight is 328 g/mol. The summed E-state index contributed by atoms with van der Waals surface area (Å²) in [5.74, 6) is -1.11. The largest absolute Gasteiger partial charge is 0.378 e. The van der Waals surface area contributed by atoms with E-state index >= 15 is 0 Å². The van der Waals surface area contributed by atoms with E-state index in [1.807, 2.05) is 0 Å². The predicted molar refractivity (Wildman–Crippen MR) is 87.6 cm³/mol. The minimum absolute atomic E-state index is 0.203. The molecule has 6 heteroatoms. The second kappa shape index (κ2) is 6.20. The molecule has 6 nitrogen and oxygen atoms in total. The Balaban J connectivity index is 1.99. The molecule has 1 saturated heterocycles. The highest BCUT2D eigenvalue weighted by atomic mass is 16.5. The Morgan fingerprint density at radius 3 is 2.25 bits per heavy atom. The fourth-order valence-electron chi connectivity index (χ4n) is 3.30. The zero-order valence-electron chi connectivity index (χ0n) is 13.7. The predicted octanol–water partition coefficient (Wildman–Crippen LogP) is 1.48. The molecule has 1 unspecified atom stereocenters. The van der Waals surface area contributed by atoms with Gasteiger partial charge in [-0.2, -0.15) is 0 Å². The molecule has 0 aliphatic carbocycles. The summed E-state index contributed by atoms with van der Waals surface area (Å²) >= 11 is 0. The zero-order chi connectivity index (χ0) is 17.3. The molecule has 0 spiro atoms. The number of carbonyl (C=O) groups is 3. The first-order valence-corrected chi connectivity index (χ1v) is 7.96. The molecule has 3 rings (SSSR count). The second-order valence-corrected chi connectivity index (χ2v) is 6.16. The van der Waals surface area contributed by atoms with Crippen LogP contribution in [0.25, 0.3) is 0 Å². The third-order valence-corrected chi connectivity index (χ3v) is 4.59. The van der Waals surface area contributed by atoms with E-state index < -0.39 is 17.4 Å². The molecule has 1 aromatic carbocycles. The average Bonchev–Trinajstić information content (AvgIpc) is 2.87. The van der Waals surface area contributed by atoms with Crippen LogP contribution >= 0.6 is 0 Å². The van der Waals surface area contributed by atoms with Crippen molar-refractivity contribution in [2.24, 2.45) is 0 Å². The van der Waals surface area contributed by atoms with Crippen LogP contribution in [0.1, 0.15) is 34.1 Å². The van der Waals surface area contributed by atoms with Gasteiger partial charge in [-0.05, 0) is 25.5 Å². The van der Waals surface area contributed by atoms with Gasteiger partial charge in [0.1, 0.15) is 5.54 Å². The van der Waals surface area contributed by atoms with Gasteiger partial charge in [-0.1, -0.05) is 18.2 Å². The summed E-state index contributed by atoms with van der Waals surface area (Å²) in [5, 5.41) is 0. The summed E-state index contributed by atoms with van der Waals surface area (Å²) in [6.45, 7) is 7.15. The van der Waals surface area contributed by atoms with Gasteiger partial charge in [0.15, 0.2) is 0 Å². The van der Waals surface area contributed by atoms with E-state index in [9.17, 15) is 14.4 Å². The van der Waals surface area contributed by atoms with E-state index in [2.05, 4.69) is 6.58 Å². The molecule has 126 valence electrons. The number of morpholine rings is 1. The summed E-state index contributed by atoms with van der Waals surface area (Å²) in [6, 6.07) is 6.65. The van der Waals surface area contributed by atoms with E-state index in [-0.39, 0.29) is 12.3 Å². The van der Waals surface area contributed by atoms with E-state index in [0.717, 1.165) is 4.90 Å². The van der Waals surface area contributed by atoms with Crippen molar-refractivity contribution in [1.29, 1.82) is 0 Å². The van der Waals surface area contributed by atoms with Crippen molar-refractivity contribution in [3.05, 3.63) is 48.0 Å². The van der Waals surface area contributed by atoms with Crippen molar-refractivity contribution in [3.63, 3.8) is 0 Å². The highest BCUT2D eigenvalue weighted by Crippen LogP contribution is 2.33. The van der Waals surface area contributed by atoms with Gasteiger partial charge in [0.05, 0.1) is 24.3 Å². The van der Waals surface area contributed by atoms with Crippen molar-refractivity contribution in [2.75, 3.05) is 26.3 Å². The number of hydrogen-bond acceptors (Lipinski definition) is 4. The SMILES string of the molecule is C=CCC(C)(C(=O)N1CCOCC1)N1C(=O)c2ccccc2C1=O. The fraction of sp³-hybridized carbons (Fsp3) is 0.389. The van der Waals surface area contributed by atoms with Crippen molar-refractivity contribution in [1.82, 2.24) is 9.80 Å². The topological polar surface area (TPSA) is 66.9 Å². The van der Waals surface area contributed by atoms with Gasteiger partial charge >= 0.3 is 0 Å². The Bertz CT molecular complexity index is 674. The lowest BCUT2D eigenvalue weighted by Gasteiger charge is -2.40. The summed E-state index contributed by atoms with van der Waals surface area (Å²) < 4.78 is 5.28. The Morgan fingerprint density at radius 2 is 1.75 bits per heavy atom. The Hall–Kier alpha value is -2.47. The lowest BCUT2D eigenvalue weighted by atomic mass is 9.93. The molecule has 0 bridgehead atoms. The van der Waals surface area contributed by atoms with Gasteiger partial charge in [-0.3, -0.25) is 19.3 Å². The first-order valence-electron chi connectivity index (χ1n) is 7.96. The van der Waals surface area contributed by atoms with Gasteiger partial charge in [0, 0.05) is 13.1 Å². The van der Waals surface area contributed by atoms with E-state index in [0.29, 0.717) is 37.4 Å². The Labute approximate surface area is 140 Å². The lowest BCUT2D eigenvalue weighted by molar-refractivity contribution is -0.145. The summed E-state index contributed by atoms with van der Waals surface area (Å²) in [4.78, 5) is 41.4. The zero-order valence-corrected chi connectivity index (χ0v) is 13.7. The molecule has 2 aliphatic heterocycles. The molecule has 1 atom stereocenters. The highest BCUT2D eigenvalue weighted by molar-refractivity contribution is 6.23. The second-order valence-electron chi connectivity index (χ2n) is 6.16. The molecule has 2 heterocycles. The summed E-state index contributed by atoms with van der Waals surface area (Å²) in [7, 11) is 0. The number of ether oxygens (including phenoxy) is 1. The number of hydrogen-bond donors (Lipinski definition) is 0. The van der Waals surface area contributed by atoms with Gasteiger partial charge in [0.2, 0.25) is 5.91 Å². The summed E-state index contributed by atoms with van der Waals surface area (Å²) in [6.07, 6.45) is 1.77. The van der Waals surface area contributed by atoms with Crippen molar-refractivity contribution >= 4 is 17.7 Å².